The molecule has 0 radical (unpaired) electrons. The van der Waals surface area contributed by atoms with E-state index in [1.165, 1.54) is 62.5 Å². The van der Waals surface area contributed by atoms with Crippen LogP contribution in [-0.4, -0.2) is 27.2 Å². The number of carbonyl (C=O) groups excluding carboxylic acids is 2. The molecule has 2 aromatic rings. The topological polar surface area (TPSA) is 92.3 Å². The quantitative estimate of drug-likeness (QED) is 0.820. The molecule has 0 aromatic heterocycles. The van der Waals surface area contributed by atoms with Crippen LogP contribution >= 0.6 is 0 Å². The van der Waals surface area contributed by atoms with Gasteiger partial charge in [0.2, 0.25) is 0 Å². The van der Waals surface area contributed by atoms with Crippen LogP contribution in [0.2, 0.25) is 0 Å². The zero-order valence-corrected chi connectivity index (χ0v) is 13.5. The van der Waals surface area contributed by atoms with E-state index in [0.29, 0.717) is 16.8 Å². The summed E-state index contributed by atoms with van der Waals surface area (Å²) in [4.78, 5) is 22.7. The van der Waals surface area contributed by atoms with E-state index >= 15 is 0 Å². The first-order valence-electron chi connectivity index (χ1n) is 6.79. The van der Waals surface area contributed by atoms with Crippen molar-refractivity contribution in [1.29, 1.82) is 0 Å². The minimum atomic E-state index is -3.76. The van der Waals surface area contributed by atoms with Crippen LogP contribution in [0.15, 0.2) is 53.4 Å². The molecule has 0 aliphatic rings. The van der Waals surface area contributed by atoms with E-state index in [2.05, 4.69) is 10.0 Å². The van der Waals surface area contributed by atoms with Crippen LogP contribution in [0.25, 0.3) is 0 Å². The van der Waals surface area contributed by atoms with Crippen molar-refractivity contribution in [1.82, 2.24) is 5.32 Å². The molecule has 0 atom stereocenters. The molecule has 0 aliphatic carbocycles. The Labute approximate surface area is 134 Å². The van der Waals surface area contributed by atoms with Gasteiger partial charge in [-0.15, -0.1) is 0 Å². The van der Waals surface area contributed by atoms with Crippen molar-refractivity contribution in [3.05, 3.63) is 59.7 Å². The lowest BCUT2D eigenvalue weighted by Crippen LogP contribution is -2.18. The van der Waals surface area contributed by atoms with Crippen LogP contribution in [0.5, 0.6) is 0 Å². The molecule has 2 aromatic carbocycles. The van der Waals surface area contributed by atoms with E-state index in [-0.39, 0.29) is 16.6 Å². The third-order valence-electron chi connectivity index (χ3n) is 3.20. The van der Waals surface area contributed by atoms with Crippen molar-refractivity contribution in [2.45, 2.75) is 11.8 Å². The first kappa shape index (κ1) is 16.7. The maximum absolute atomic E-state index is 12.3. The highest BCUT2D eigenvalue weighted by Crippen LogP contribution is 2.17. The van der Waals surface area contributed by atoms with Crippen molar-refractivity contribution in [2.24, 2.45) is 0 Å². The highest BCUT2D eigenvalue weighted by molar-refractivity contribution is 7.92. The summed E-state index contributed by atoms with van der Waals surface area (Å²) in [6.45, 7) is 1.41. The maximum Gasteiger partial charge on any atom is 0.261 e. The number of nitrogens with one attached hydrogen (secondary N) is 2. The average molecular weight is 332 g/mol. The van der Waals surface area contributed by atoms with Gasteiger partial charge in [-0.2, -0.15) is 0 Å². The molecule has 0 bridgehead atoms. The third kappa shape index (κ3) is 3.95. The average Bonchev–Trinajstić information content (AvgIpc) is 2.54. The molecule has 2 rings (SSSR count). The second-order valence-electron chi connectivity index (χ2n) is 4.84. The summed E-state index contributed by atoms with van der Waals surface area (Å²) in [6, 6.07) is 11.7. The monoisotopic (exact) mass is 332 g/mol. The van der Waals surface area contributed by atoms with E-state index in [4.69, 9.17) is 0 Å². The highest BCUT2D eigenvalue weighted by Gasteiger charge is 2.15. The lowest BCUT2D eigenvalue weighted by Gasteiger charge is -2.09. The van der Waals surface area contributed by atoms with Gasteiger partial charge in [-0.05, 0) is 43.3 Å². The van der Waals surface area contributed by atoms with Crippen LogP contribution < -0.4 is 10.0 Å². The molecule has 23 heavy (non-hydrogen) atoms. The van der Waals surface area contributed by atoms with Crippen LogP contribution in [0.4, 0.5) is 5.69 Å². The molecule has 6 nitrogen and oxygen atoms in total. The molecule has 7 heteroatoms. The largest absolute Gasteiger partial charge is 0.355 e. The summed E-state index contributed by atoms with van der Waals surface area (Å²) in [6.07, 6.45) is 0. The zero-order chi connectivity index (χ0) is 17.0. The van der Waals surface area contributed by atoms with E-state index in [1.807, 2.05) is 0 Å². The fourth-order valence-corrected chi connectivity index (χ4v) is 2.98. The van der Waals surface area contributed by atoms with Crippen LogP contribution in [-0.2, 0) is 10.0 Å². The Balaban J connectivity index is 2.20. The number of amides is 1. The lowest BCUT2D eigenvalue weighted by molar-refractivity contribution is 0.0962. The second-order valence-corrected chi connectivity index (χ2v) is 6.52. The standard InChI is InChI=1S/C16H16N2O4S/c1-11(19)12-5-9-15(10-6-12)23(21,22)18-14-7-3-13(4-8-14)16(20)17-2/h3-10,18H,1-2H3,(H,17,20). The molecular formula is C16H16N2O4S. The van der Waals surface area contributed by atoms with Gasteiger partial charge in [0, 0.05) is 23.9 Å². The predicted octanol–water partition coefficient (Wildman–Crippen LogP) is 2.05. The predicted molar refractivity (Wildman–Crippen MR) is 87.1 cm³/mol. The number of hydrogen-bond acceptors (Lipinski definition) is 4. The number of ketones is 1. The Kier molecular flexibility index (Phi) is 4.80. The molecule has 0 fully saturated rings. The normalized spacial score (nSPS) is 10.9. The summed E-state index contributed by atoms with van der Waals surface area (Å²) >= 11 is 0. The Hall–Kier alpha value is -2.67. The summed E-state index contributed by atoms with van der Waals surface area (Å²) in [5.74, 6) is -0.383. The summed E-state index contributed by atoms with van der Waals surface area (Å²) in [7, 11) is -2.24. The van der Waals surface area contributed by atoms with Gasteiger partial charge in [-0.25, -0.2) is 8.42 Å². The van der Waals surface area contributed by atoms with Gasteiger partial charge in [0.25, 0.3) is 15.9 Å². The Bertz CT molecular complexity index is 825. The minimum absolute atomic E-state index is 0.0536. The number of sulfonamides is 1. The first-order valence-corrected chi connectivity index (χ1v) is 8.28. The zero-order valence-electron chi connectivity index (χ0n) is 12.7. The van der Waals surface area contributed by atoms with Gasteiger partial charge in [-0.3, -0.25) is 14.3 Å². The Morgan fingerprint density at radius 2 is 1.39 bits per heavy atom. The van der Waals surface area contributed by atoms with E-state index in [9.17, 15) is 18.0 Å². The Morgan fingerprint density at radius 3 is 1.87 bits per heavy atom. The number of hydrogen-bond donors (Lipinski definition) is 2. The SMILES string of the molecule is CNC(=O)c1ccc(NS(=O)(=O)c2ccc(C(C)=O)cc2)cc1. The molecule has 0 saturated heterocycles. The van der Waals surface area contributed by atoms with E-state index in [0.717, 1.165) is 0 Å². The van der Waals surface area contributed by atoms with E-state index in [1.54, 1.807) is 0 Å². The van der Waals surface area contributed by atoms with E-state index < -0.39 is 10.0 Å². The molecule has 0 aliphatic heterocycles. The smallest absolute Gasteiger partial charge is 0.261 e. The molecule has 0 saturated carbocycles. The molecule has 0 heterocycles. The highest BCUT2D eigenvalue weighted by atomic mass is 32.2. The van der Waals surface area contributed by atoms with Gasteiger partial charge < -0.3 is 5.32 Å². The third-order valence-corrected chi connectivity index (χ3v) is 4.59. The van der Waals surface area contributed by atoms with Gasteiger partial charge in [-0.1, -0.05) is 12.1 Å². The van der Waals surface area contributed by atoms with Crippen LogP contribution in [0.1, 0.15) is 27.6 Å². The molecular weight excluding hydrogens is 316 g/mol. The van der Waals surface area contributed by atoms with Crippen molar-refractivity contribution in [2.75, 3.05) is 11.8 Å². The molecule has 120 valence electrons. The number of benzene rings is 2. The van der Waals surface area contributed by atoms with Crippen molar-refractivity contribution in [3.63, 3.8) is 0 Å². The minimum Gasteiger partial charge on any atom is -0.355 e. The van der Waals surface area contributed by atoms with Gasteiger partial charge in [0.05, 0.1) is 4.90 Å². The molecule has 0 unspecified atom stereocenters. The number of rotatable bonds is 5. The molecule has 2 N–H and O–H groups in total. The number of Topliss-reactive ketones (excluding diaryl/α,β-unsaturated/α-hetero) is 1. The number of carbonyl (C=O) groups is 2. The fourth-order valence-electron chi connectivity index (χ4n) is 1.92. The number of anilines is 1. The first-order chi connectivity index (χ1) is 10.8. The maximum atomic E-state index is 12.3. The summed E-state index contributed by atoms with van der Waals surface area (Å²) in [5, 5.41) is 2.48. The van der Waals surface area contributed by atoms with Crippen molar-refractivity contribution < 1.29 is 18.0 Å². The van der Waals surface area contributed by atoms with Gasteiger partial charge in [0.1, 0.15) is 0 Å². The van der Waals surface area contributed by atoms with Crippen molar-refractivity contribution in [3.8, 4) is 0 Å². The van der Waals surface area contributed by atoms with Gasteiger partial charge >= 0.3 is 0 Å². The molecule has 0 spiro atoms. The summed E-state index contributed by atoms with van der Waals surface area (Å²) < 4.78 is 27.0. The molecule has 1 amide bonds. The second kappa shape index (κ2) is 6.62. The van der Waals surface area contributed by atoms with Gasteiger partial charge in [0.15, 0.2) is 5.78 Å². The summed E-state index contributed by atoms with van der Waals surface area (Å²) in [5.41, 5.74) is 1.22. The van der Waals surface area contributed by atoms with Crippen LogP contribution in [0, 0.1) is 0 Å². The Morgan fingerprint density at radius 1 is 0.870 bits per heavy atom. The fraction of sp³-hybridized carbons (Fsp3) is 0.125. The van der Waals surface area contributed by atoms with Crippen LogP contribution in [0.3, 0.4) is 0 Å². The lowest BCUT2D eigenvalue weighted by atomic mass is 10.2. The van der Waals surface area contributed by atoms with Crippen molar-refractivity contribution >= 4 is 27.4 Å².